The Bertz CT molecular complexity index is 640. The van der Waals surface area contributed by atoms with E-state index in [4.69, 9.17) is 13.9 Å². The Kier molecular flexibility index (Phi) is 5.83. The summed E-state index contributed by atoms with van der Waals surface area (Å²) < 4.78 is 16.2. The number of rotatable bonds is 4. The van der Waals surface area contributed by atoms with Gasteiger partial charge in [-0.25, -0.2) is 4.79 Å². The van der Waals surface area contributed by atoms with Gasteiger partial charge in [0, 0.05) is 30.6 Å². The van der Waals surface area contributed by atoms with E-state index in [0.29, 0.717) is 18.9 Å². The molecule has 0 N–H and O–H groups in total. The minimum absolute atomic E-state index is 0. The van der Waals surface area contributed by atoms with Crippen LogP contribution in [0.25, 0.3) is 11.0 Å². The van der Waals surface area contributed by atoms with Gasteiger partial charge in [-0.05, 0) is 13.0 Å². The van der Waals surface area contributed by atoms with Gasteiger partial charge in [-0.1, -0.05) is 18.2 Å². The van der Waals surface area contributed by atoms with Crippen molar-refractivity contribution >= 4 is 16.9 Å². The van der Waals surface area contributed by atoms with E-state index in [9.17, 15) is 4.79 Å². The van der Waals surface area contributed by atoms with Crippen LogP contribution < -0.4 is 12.4 Å². The minimum Gasteiger partial charge on any atom is -1.00 e. The van der Waals surface area contributed by atoms with Crippen LogP contribution >= 0.6 is 0 Å². The molecule has 1 aliphatic heterocycles. The first kappa shape index (κ1) is 16.8. The van der Waals surface area contributed by atoms with Crippen LogP contribution in [0.3, 0.4) is 0 Å². The van der Waals surface area contributed by atoms with Gasteiger partial charge < -0.3 is 26.3 Å². The molecule has 22 heavy (non-hydrogen) atoms. The van der Waals surface area contributed by atoms with Gasteiger partial charge >= 0.3 is 7.40 Å². The summed E-state index contributed by atoms with van der Waals surface area (Å²) in [6.07, 6.45) is 0. The predicted molar refractivity (Wildman–Crippen MR) is 79.4 cm³/mol. The first-order chi connectivity index (χ1) is 10.3. The van der Waals surface area contributed by atoms with Crippen molar-refractivity contribution in [3.8, 4) is 0 Å². The molecule has 0 radical (unpaired) electrons. The Morgan fingerprint density at radius 1 is 1.32 bits per heavy atom. The fraction of sp³-hybridized carbons (Fsp3) is 0.438. The van der Waals surface area contributed by atoms with E-state index in [2.05, 4.69) is 4.90 Å². The molecule has 1 fully saturated rings. The average Bonchev–Trinajstić information content (AvgIpc) is 2.88. The van der Waals surface area contributed by atoms with Crippen LogP contribution in [0.1, 0.15) is 24.5 Å². The molecule has 1 aromatic heterocycles. The number of para-hydroxylation sites is 1. The zero-order valence-corrected chi connectivity index (χ0v) is 13.3. The van der Waals surface area contributed by atoms with E-state index in [-0.39, 0.29) is 13.8 Å². The molecule has 0 bridgehead atoms. The molecule has 5 nitrogen and oxygen atoms in total. The SMILES string of the molecule is CCOC(=O)c1oc2ccccc2c1CN1CCOCC1.[Cl-].[H+]. The second-order valence-corrected chi connectivity index (χ2v) is 5.01. The molecule has 0 atom stereocenters. The number of morpholine rings is 1. The molecule has 0 amide bonds. The van der Waals surface area contributed by atoms with Crippen molar-refractivity contribution in [3.05, 3.63) is 35.6 Å². The third-order valence-corrected chi connectivity index (χ3v) is 3.64. The first-order valence-corrected chi connectivity index (χ1v) is 7.27. The van der Waals surface area contributed by atoms with Crippen molar-refractivity contribution in [2.45, 2.75) is 13.5 Å². The predicted octanol–water partition coefficient (Wildman–Crippen LogP) is -0.442. The number of ether oxygens (including phenoxy) is 2. The molecule has 1 saturated heterocycles. The highest BCUT2D eigenvalue weighted by Crippen LogP contribution is 2.28. The molecule has 0 unspecified atom stereocenters. The maximum atomic E-state index is 12.1. The quantitative estimate of drug-likeness (QED) is 0.713. The summed E-state index contributed by atoms with van der Waals surface area (Å²) in [5.74, 6) is -0.0681. The number of nitrogens with zero attached hydrogens (tertiary/aromatic N) is 1. The summed E-state index contributed by atoms with van der Waals surface area (Å²) >= 11 is 0. The van der Waals surface area contributed by atoms with E-state index in [1.54, 1.807) is 6.92 Å². The third-order valence-electron chi connectivity index (χ3n) is 3.64. The van der Waals surface area contributed by atoms with Crippen LogP contribution in [0.5, 0.6) is 0 Å². The zero-order chi connectivity index (χ0) is 14.7. The number of esters is 1. The summed E-state index contributed by atoms with van der Waals surface area (Å²) in [5.41, 5.74) is 1.63. The van der Waals surface area contributed by atoms with Crippen molar-refractivity contribution in [3.63, 3.8) is 0 Å². The highest BCUT2D eigenvalue weighted by atomic mass is 35.5. The van der Waals surface area contributed by atoms with Crippen molar-refractivity contribution in [2.24, 2.45) is 0 Å². The first-order valence-electron chi connectivity index (χ1n) is 7.27. The van der Waals surface area contributed by atoms with E-state index in [0.717, 1.165) is 42.8 Å². The smallest absolute Gasteiger partial charge is 1.00 e. The Morgan fingerprint density at radius 3 is 2.77 bits per heavy atom. The molecule has 0 aliphatic carbocycles. The largest absolute Gasteiger partial charge is 1.00 e. The lowest BCUT2D eigenvalue weighted by molar-refractivity contribution is -0.0000253. The Morgan fingerprint density at radius 2 is 2.05 bits per heavy atom. The van der Waals surface area contributed by atoms with Crippen molar-refractivity contribution in [1.82, 2.24) is 4.90 Å². The van der Waals surface area contributed by atoms with Gasteiger partial charge in [-0.2, -0.15) is 0 Å². The fourth-order valence-corrected chi connectivity index (χ4v) is 2.60. The Balaban J connectivity index is 0.00000132. The second kappa shape index (κ2) is 7.63. The fourth-order valence-electron chi connectivity index (χ4n) is 2.60. The van der Waals surface area contributed by atoms with Gasteiger partial charge in [0.25, 0.3) is 0 Å². The van der Waals surface area contributed by atoms with Crippen LogP contribution in [0, 0.1) is 0 Å². The number of carbonyl (C=O) groups is 1. The van der Waals surface area contributed by atoms with E-state index < -0.39 is 5.97 Å². The van der Waals surface area contributed by atoms with Gasteiger partial charge in [0.15, 0.2) is 0 Å². The van der Waals surface area contributed by atoms with Crippen molar-refractivity contribution < 1.29 is 32.5 Å². The Hall–Kier alpha value is -1.56. The average molecular weight is 326 g/mol. The molecule has 120 valence electrons. The maximum Gasteiger partial charge on any atom is 1.00 e. The van der Waals surface area contributed by atoms with Crippen molar-refractivity contribution in [1.29, 1.82) is 0 Å². The van der Waals surface area contributed by atoms with Crippen LogP contribution in [0.2, 0.25) is 0 Å². The lowest BCUT2D eigenvalue weighted by Gasteiger charge is -2.26. The Labute approximate surface area is 137 Å². The number of halogens is 1. The molecule has 0 spiro atoms. The monoisotopic (exact) mass is 325 g/mol. The van der Waals surface area contributed by atoms with Gasteiger partial charge in [-0.3, -0.25) is 4.90 Å². The second-order valence-electron chi connectivity index (χ2n) is 5.01. The lowest BCUT2D eigenvalue weighted by Crippen LogP contribution is -3.00. The molecule has 1 aromatic carbocycles. The summed E-state index contributed by atoms with van der Waals surface area (Å²) in [6, 6.07) is 7.72. The summed E-state index contributed by atoms with van der Waals surface area (Å²) in [7, 11) is 0. The zero-order valence-electron chi connectivity index (χ0n) is 13.5. The number of fused-ring (bicyclic) bond motifs is 1. The van der Waals surface area contributed by atoms with E-state index >= 15 is 0 Å². The number of benzene rings is 1. The van der Waals surface area contributed by atoms with Crippen molar-refractivity contribution in [2.75, 3.05) is 32.9 Å². The minimum atomic E-state index is -0.392. The lowest BCUT2D eigenvalue weighted by atomic mass is 10.1. The van der Waals surface area contributed by atoms with E-state index in [1.165, 1.54) is 0 Å². The highest BCUT2D eigenvalue weighted by Gasteiger charge is 2.23. The standard InChI is InChI=1S/C16H19NO4.ClH/c1-2-20-16(18)15-13(11-17-7-9-19-10-8-17)12-5-3-4-6-14(12)21-15;/h3-6H,2,7-11H2,1H3;1H. The van der Waals surface area contributed by atoms with Crippen LogP contribution in [0.15, 0.2) is 28.7 Å². The van der Waals surface area contributed by atoms with Gasteiger partial charge in [0.1, 0.15) is 5.58 Å². The number of hydrogen-bond donors (Lipinski definition) is 0. The summed E-state index contributed by atoms with van der Waals surface area (Å²) in [6.45, 7) is 5.99. The summed E-state index contributed by atoms with van der Waals surface area (Å²) in [5, 5.41) is 0.979. The normalized spacial score (nSPS) is 15.5. The number of hydrogen-bond acceptors (Lipinski definition) is 5. The van der Waals surface area contributed by atoms with Gasteiger partial charge in [0.2, 0.25) is 5.76 Å². The molecule has 2 aromatic rings. The number of carbonyl (C=O) groups excluding carboxylic acids is 1. The van der Waals surface area contributed by atoms with Crippen LogP contribution in [-0.4, -0.2) is 43.8 Å². The van der Waals surface area contributed by atoms with Gasteiger partial charge in [0.05, 0.1) is 19.8 Å². The maximum absolute atomic E-state index is 12.1. The highest BCUT2D eigenvalue weighted by molar-refractivity contribution is 5.96. The van der Waals surface area contributed by atoms with E-state index in [1.807, 2.05) is 24.3 Å². The van der Waals surface area contributed by atoms with Crippen LogP contribution in [0.4, 0.5) is 0 Å². The molecule has 6 heteroatoms. The summed E-state index contributed by atoms with van der Waals surface area (Å²) in [4.78, 5) is 14.4. The molecule has 1 aliphatic rings. The molecule has 3 rings (SSSR count). The third kappa shape index (κ3) is 3.43. The molecule has 0 saturated carbocycles. The molecular weight excluding hydrogens is 306 g/mol. The van der Waals surface area contributed by atoms with Crippen LogP contribution in [-0.2, 0) is 16.0 Å². The molecule has 2 heterocycles. The molecular formula is C16H20ClNO4. The number of furan rings is 1. The van der Waals surface area contributed by atoms with Gasteiger partial charge in [-0.15, -0.1) is 0 Å². The topological polar surface area (TPSA) is 51.9 Å².